The van der Waals surface area contributed by atoms with E-state index in [2.05, 4.69) is 16.6 Å². The van der Waals surface area contributed by atoms with E-state index >= 15 is 0 Å². The summed E-state index contributed by atoms with van der Waals surface area (Å²) in [4.78, 5) is 31.4. The van der Waals surface area contributed by atoms with Crippen LogP contribution in [0.1, 0.15) is 15.9 Å². The van der Waals surface area contributed by atoms with E-state index in [0.29, 0.717) is 6.29 Å². The molecule has 17 heavy (non-hydrogen) atoms. The summed E-state index contributed by atoms with van der Waals surface area (Å²) in [6.45, 7) is 0. The number of non-ortho nitro benzene ring substituents is 1. The van der Waals surface area contributed by atoms with Gasteiger partial charge >= 0.3 is 5.97 Å². The van der Waals surface area contributed by atoms with Crippen LogP contribution in [-0.4, -0.2) is 24.3 Å². The van der Waals surface area contributed by atoms with Crippen LogP contribution in [-0.2, 0) is 9.53 Å². The molecule has 0 saturated heterocycles. The zero-order chi connectivity index (χ0) is 12.8. The molecule has 0 unspecified atom stereocenters. The number of aldehydes is 1. The lowest BCUT2D eigenvalue weighted by Crippen LogP contribution is -2.05. The first-order chi connectivity index (χ1) is 8.10. The van der Waals surface area contributed by atoms with Gasteiger partial charge < -0.3 is 4.74 Å². The van der Waals surface area contributed by atoms with Gasteiger partial charge in [0.05, 0.1) is 17.6 Å². The van der Waals surface area contributed by atoms with E-state index in [4.69, 9.17) is 0 Å². The lowest BCUT2D eigenvalue weighted by atomic mass is 10.1. The van der Waals surface area contributed by atoms with Crippen molar-refractivity contribution in [3.63, 3.8) is 0 Å². The predicted molar refractivity (Wildman–Crippen MR) is 57.4 cm³/mol. The second-order valence-electron chi connectivity index (χ2n) is 2.87. The third kappa shape index (κ3) is 2.89. The Morgan fingerprint density at radius 3 is 2.76 bits per heavy atom. The van der Waals surface area contributed by atoms with Gasteiger partial charge in [0.1, 0.15) is 0 Å². The molecule has 0 aliphatic heterocycles. The van der Waals surface area contributed by atoms with E-state index in [1.165, 1.54) is 12.1 Å². The fraction of sp³-hybridized carbons (Fsp3) is 0.0909. The van der Waals surface area contributed by atoms with Crippen LogP contribution in [0.3, 0.4) is 0 Å². The lowest BCUT2D eigenvalue weighted by molar-refractivity contribution is -0.384. The molecule has 0 aromatic heterocycles. The Kier molecular flexibility index (Phi) is 3.95. The highest BCUT2D eigenvalue weighted by atomic mass is 16.6. The van der Waals surface area contributed by atoms with Crippen LogP contribution in [0.2, 0.25) is 0 Å². The number of esters is 1. The molecule has 0 heterocycles. The molecule has 0 saturated carbocycles. The Morgan fingerprint density at radius 1 is 1.53 bits per heavy atom. The van der Waals surface area contributed by atoms with Crippen molar-refractivity contribution >= 4 is 17.9 Å². The largest absolute Gasteiger partial charge is 0.465 e. The van der Waals surface area contributed by atoms with Crippen LogP contribution in [0.5, 0.6) is 0 Å². The minimum absolute atomic E-state index is 0.0453. The Morgan fingerprint density at radius 2 is 2.24 bits per heavy atom. The Balaban J connectivity index is 3.35. The third-order valence-corrected chi connectivity index (χ3v) is 1.89. The zero-order valence-electron chi connectivity index (χ0n) is 8.80. The van der Waals surface area contributed by atoms with Crippen LogP contribution in [0.4, 0.5) is 5.69 Å². The monoisotopic (exact) mass is 233 g/mol. The molecule has 0 bridgehead atoms. The van der Waals surface area contributed by atoms with Crippen LogP contribution in [0.15, 0.2) is 18.2 Å². The van der Waals surface area contributed by atoms with Gasteiger partial charge in [-0.15, -0.1) is 0 Å². The van der Waals surface area contributed by atoms with Gasteiger partial charge in [0.25, 0.3) is 5.69 Å². The summed E-state index contributed by atoms with van der Waals surface area (Å²) in [7, 11) is 1.15. The minimum Gasteiger partial charge on any atom is -0.465 e. The van der Waals surface area contributed by atoms with Crippen LogP contribution < -0.4 is 0 Å². The number of rotatable bonds is 2. The topological polar surface area (TPSA) is 86.5 Å². The summed E-state index contributed by atoms with van der Waals surface area (Å²) in [5, 5.41) is 10.6. The molecule has 1 aromatic carbocycles. The van der Waals surface area contributed by atoms with Crippen molar-refractivity contribution in [1.82, 2.24) is 0 Å². The molecule has 0 atom stereocenters. The predicted octanol–water partition coefficient (Wildman–Crippen LogP) is 0.932. The summed E-state index contributed by atoms with van der Waals surface area (Å²) in [5.74, 6) is 3.78. The molecule has 0 radical (unpaired) electrons. The summed E-state index contributed by atoms with van der Waals surface area (Å²) in [5.41, 5.74) is -0.0901. The molecule has 1 rings (SSSR count). The number of hydrogen-bond donors (Lipinski definition) is 0. The number of ether oxygens (including phenoxy) is 1. The van der Waals surface area contributed by atoms with Gasteiger partial charge in [-0.25, -0.2) is 4.79 Å². The molecule has 6 nitrogen and oxygen atoms in total. The molecular formula is C11H7NO5. The number of carbonyl (C=O) groups excluding carboxylic acids is 2. The molecular weight excluding hydrogens is 226 g/mol. The van der Waals surface area contributed by atoms with Crippen molar-refractivity contribution in [3.8, 4) is 11.8 Å². The maximum atomic E-state index is 11.4. The van der Waals surface area contributed by atoms with E-state index in [9.17, 15) is 19.7 Å². The number of carbonyl (C=O) groups is 2. The molecule has 86 valence electrons. The van der Waals surface area contributed by atoms with Crippen LogP contribution >= 0.6 is 0 Å². The fourth-order valence-electron chi connectivity index (χ4n) is 1.14. The lowest BCUT2D eigenvalue weighted by Gasteiger charge is -2.02. The molecule has 0 fully saturated rings. The molecule has 6 heteroatoms. The van der Waals surface area contributed by atoms with Crippen LogP contribution in [0.25, 0.3) is 0 Å². The first kappa shape index (κ1) is 12.4. The highest BCUT2D eigenvalue weighted by molar-refractivity contribution is 5.93. The van der Waals surface area contributed by atoms with Crippen molar-refractivity contribution in [1.29, 1.82) is 0 Å². The van der Waals surface area contributed by atoms with Gasteiger partial charge in [-0.3, -0.25) is 14.9 Å². The van der Waals surface area contributed by atoms with Crippen molar-refractivity contribution in [3.05, 3.63) is 39.4 Å². The molecule has 0 N–H and O–H groups in total. The third-order valence-electron chi connectivity index (χ3n) is 1.89. The smallest absolute Gasteiger partial charge is 0.339 e. The first-order valence-corrected chi connectivity index (χ1v) is 4.42. The summed E-state index contributed by atoms with van der Waals surface area (Å²) >= 11 is 0. The van der Waals surface area contributed by atoms with Crippen molar-refractivity contribution in [2.75, 3.05) is 7.11 Å². The van der Waals surface area contributed by atoms with E-state index in [0.717, 1.165) is 13.2 Å². The number of benzene rings is 1. The zero-order valence-corrected chi connectivity index (χ0v) is 8.80. The van der Waals surface area contributed by atoms with Gasteiger partial charge in [0.15, 0.2) is 6.29 Å². The van der Waals surface area contributed by atoms with Gasteiger partial charge in [-0.2, -0.15) is 0 Å². The first-order valence-electron chi connectivity index (χ1n) is 4.42. The molecule has 0 amide bonds. The van der Waals surface area contributed by atoms with E-state index in [-0.39, 0.29) is 16.8 Å². The second-order valence-corrected chi connectivity index (χ2v) is 2.87. The van der Waals surface area contributed by atoms with E-state index in [1.807, 2.05) is 0 Å². The summed E-state index contributed by atoms with van der Waals surface area (Å²) < 4.78 is 4.47. The number of nitro groups is 1. The minimum atomic E-state index is -0.746. The molecule has 0 spiro atoms. The van der Waals surface area contributed by atoms with Crippen molar-refractivity contribution in [2.24, 2.45) is 0 Å². The standard InChI is InChI=1S/C11H7NO5/c1-17-11(14)10-7-9(12(15)16)5-4-8(10)3-2-6-13/h4-7H,1H3. The van der Waals surface area contributed by atoms with E-state index in [1.54, 1.807) is 0 Å². The van der Waals surface area contributed by atoms with Crippen molar-refractivity contribution in [2.45, 2.75) is 0 Å². The summed E-state index contributed by atoms with van der Waals surface area (Å²) in [6.07, 6.45) is 0.364. The quantitative estimate of drug-likeness (QED) is 0.249. The highest BCUT2D eigenvalue weighted by Crippen LogP contribution is 2.18. The second kappa shape index (κ2) is 5.42. The van der Waals surface area contributed by atoms with Gasteiger partial charge in [-0.1, -0.05) is 5.92 Å². The van der Waals surface area contributed by atoms with Gasteiger partial charge in [0.2, 0.25) is 0 Å². The maximum Gasteiger partial charge on any atom is 0.339 e. The molecule has 0 aliphatic carbocycles. The summed E-state index contributed by atoms with van der Waals surface area (Å²) in [6, 6.07) is 3.54. The number of nitro benzene ring substituents is 1. The number of hydrogen-bond acceptors (Lipinski definition) is 5. The average molecular weight is 233 g/mol. The van der Waals surface area contributed by atoms with Crippen molar-refractivity contribution < 1.29 is 19.2 Å². The SMILES string of the molecule is COC(=O)c1cc([N+](=O)[O-])ccc1C#CC=O. The Labute approximate surface area is 96.3 Å². The van der Waals surface area contributed by atoms with Gasteiger partial charge in [-0.05, 0) is 12.0 Å². The Bertz CT molecular complexity index is 539. The Hall–Kier alpha value is -2.68. The van der Waals surface area contributed by atoms with E-state index < -0.39 is 10.9 Å². The fourth-order valence-corrected chi connectivity index (χ4v) is 1.14. The average Bonchev–Trinajstić information content (AvgIpc) is 2.35. The molecule has 0 aliphatic rings. The van der Waals surface area contributed by atoms with Crippen LogP contribution in [0, 0.1) is 22.0 Å². The number of methoxy groups -OCH3 is 1. The molecule has 1 aromatic rings. The maximum absolute atomic E-state index is 11.4. The number of nitrogens with zero attached hydrogens (tertiary/aromatic N) is 1. The van der Waals surface area contributed by atoms with Gasteiger partial charge in [0, 0.05) is 17.7 Å². The highest BCUT2D eigenvalue weighted by Gasteiger charge is 2.16. The normalized spacial score (nSPS) is 8.76.